The van der Waals surface area contributed by atoms with E-state index in [0.29, 0.717) is 25.1 Å². The van der Waals surface area contributed by atoms with Crippen molar-refractivity contribution in [1.82, 2.24) is 21.3 Å². The minimum absolute atomic E-state index is 0.00381. The monoisotopic (exact) mass is 840 g/mol. The van der Waals surface area contributed by atoms with E-state index in [1.165, 1.54) is 12.1 Å². The van der Waals surface area contributed by atoms with E-state index in [-0.39, 0.29) is 121 Å². The lowest BCUT2D eigenvalue weighted by molar-refractivity contribution is -0.143. The van der Waals surface area contributed by atoms with Gasteiger partial charge in [-0.2, -0.15) is 0 Å². The topological polar surface area (TPSA) is 292 Å². The number of unbranched alkanes of at least 4 members (excludes halogenated alkanes) is 6. The second-order valence-electron chi connectivity index (χ2n) is 13.1. The van der Waals surface area contributed by atoms with Gasteiger partial charge in [-0.3, -0.25) is 19.2 Å². The molecule has 0 saturated carbocycles. The third-order valence-electron chi connectivity index (χ3n) is 8.27. The number of hydrogen-bond donors (Lipinski definition) is 7. The summed E-state index contributed by atoms with van der Waals surface area (Å²) in [4.78, 5) is 92.1. The number of carbonyl (C=O) groups is 8. The van der Waals surface area contributed by atoms with E-state index in [9.17, 15) is 43.5 Å². The smallest absolute Gasteiger partial charge is 0.335 e. The average Bonchev–Trinajstić information content (AvgIpc) is 3.20. The maximum absolute atomic E-state index is 12.3. The van der Waals surface area contributed by atoms with Crippen molar-refractivity contribution in [3.05, 3.63) is 29.8 Å². The van der Waals surface area contributed by atoms with E-state index in [2.05, 4.69) is 21.3 Å². The van der Waals surface area contributed by atoms with Gasteiger partial charge in [0.1, 0.15) is 37.3 Å². The first-order valence-corrected chi connectivity index (χ1v) is 19.7. The number of nitrogens with one attached hydrogen (secondary N) is 4. The molecule has 20 heteroatoms. The van der Waals surface area contributed by atoms with Gasteiger partial charge in [-0.1, -0.05) is 32.1 Å². The summed E-state index contributed by atoms with van der Waals surface area (Å²) in [6, 6.07) is 3.92. The first kappa shape index (κ1) is 51.8. The molecule has 0 radical (unpaired) electrons. The molecule has 332 valence electrons. The van der Waals surface area contributed by atoms with Crippen LogP contribution in [0.4, 0.5) is 0 Å². The van der Waals surface area contributed by atoms with Gasteiger partial charge >= 0.3 is 17.9 Å². The average molecular weight is 841 g/mol. The lowest BCUT2D eigenvalue weighted by atomic mass is 10.1. The zero-order valence-electron chi connectivity index (χ0n) is 33.5. The van der Waals surface area contributed by atoms with Crippen LogP contribution in [0, 0.1) is 0 Å². The zero-order chi connectivity index (χ0) is 43.5. The van der Waals surface area contributed by atoms with Crippen LogP contribution in [0.2, 0.25) is 0 Å². The summed E-state index contributed by atoms with van der Waals surface area (Å²) in [7, 11) is 0. The number of aromatic carboxylic acids is 1. The molecule has 4 amide bonds. The molecule has 1 aromatic carbocycles. The molecule has 59 heavy (non-hydrogen) atoms. The van der Waals surface area contributed by atoms with Crippen LogP contribution in [-0.2, 0) is 52.5 Å². The van der Waals surface area contributed by atoms with Crippen molar-refractivity contribution in [2.45, 2.75) is 89.1 Å². The van der Waals surface area contributed by atoms with Crippen molar-refractivity contribution in [2.75, 3.05) is 72.6 Å². The maximum atomic E-state index is 12.3. The Hall–Kier alpha value is -5.18. The molecule has 0 heterocycles. The SMILES string of the molecule is O=CCC[C@H](NC(=O)COCCOCCNC(=O)COCCOCCNC(=O)CC[C@@H](NC(=O)CCCCCCCCCOc1ccc(C(=O)O)cc1)C(=O)O)C(=O)O. The van der Waals surface area contributed by atoms with Crippen molar-refractivity contribution in [2.24, 2.45) is 0 Å². The number of benzene rings is 1. The number of aliphatic carboxylic acids is 2. The molecule has 0 bridgehead atoms. The highest BCUT2D eigenvalue weighted by Gasteiger charge is 2.21. The molecule has 0 spiro atoms. The third-order valence-corrected chi connectivity index (χ3v) is 8.27. The Kier molecular flexibility index (Phi) is 29.7. The molecule has 1 aromatic rings. The molecular weight excluding hydrogens is 780 g/mol. The summed E-state index contributed by atoms with van der Waals surface area (Å²) in [6.45, 7) is 1.16. The molecular formula is C39H60N4O16. The van der Waals surface area contributed by atoms with Gasteiger partial charge in [-0.05, 0) is 49.9 Å². The van der Waals surface area contributed by atoms with Gasteiger partial charge in [0, 0.05) is 32.4 Å². The summed E-state index contributed by atoms with van der Waals surface area (Å²) in [5, 5.41) is 37.4. The van der Waals surface area contributed by atoms with Gasteiger partial charge in [0.05, 0.1) is 51.8 Å². The Morgan fingerprint density at radius 3 is 1.63 bits per heavy atom. The second-order valence-corrected chi connectivity index (χ2v) is 13.1. The molecule has 0 saturated heterocycles. The number of aldehydes is 1. The number of carboxylic acid groups (broad SMARTS) is 3. The van der Waals surface area contributed by atoms with E-state index in [1.807, 2.05) is 0 Å². The van der Waals surface area contributed by atoms with Crippen LogP contribution < -0.4 is 26.0 Å². The van der Waals surface area contributed by atoms with Crippen molar-refractivity contribution >= 4 is 47.8 Å². The number of amides is 4. The maximum Gasteiger partial charge on any atom is 0.335 e. The van der Waals surface area contributed by atoms with Crippen molar-refractivity contribution < 1.29 is 77.4 Å². The van der Waals surface area contributed by atoms with Crippen molar-refractivity contribution in [3.8, 4) is 5.75 Å². The molecule has 7 N–H and O–H groups in total. The van der Waals surface area contributed by atoms with Gasteiger partial charge in [0.2, 0.25) is 23.6 Å². The fourth-order valence-electron chi connectivity index (χ4n) is 5.12. The second kappa shape index (κ2) is 33.8. The van der Waals surface area contributed by atoms with Gasteiger partial charge in [0.25, 0.3) is 0 Å². The summed E-state index contributed by atoms with van der Waals surface area (Å²) in [5.74, 6) is -4.59. The van der Waals surface area contributed by atoms with E-state index in [1.54, 1.807) is 12.1 Å². The number of rotatable bonds is 38. The van der Waals surface area contributed by atoms with E-state index in [4.69, 9.17) is 33.9 Å². The van der Waals surface area contributed by atoms with Crippen molar-refractivity contribution in [1.29, 1.82) is 0 Å². The normalized spacial score (nSPS) is 11.8. The summed E-state index contributed by atoms with van der Waals surface area (Å²) in [6.07, 6.45) is 6.85. The van der Waals surface area contributed by atoms with Crippen LogP contribution in [-0.4, -0.2) is 148 Å². The van der Waals surface area contributed by atoms with Crippen molar-refractivity contribution in [3.63, 3.8) is 0 Å². The Labute approximate surface area is 343 Å². The molecule has 1 rings (SSSR count). The van der Waals surface area contributed by atoms with E-state index < -0.39 is 35.9 Å². The molecule has 0 aliphatic rings. The molecule has 0 aromatic heterocycles. The fourth-order valence-corrected chi connectivity index (χ4v) is 5.12. The molecule has 20 nitrogen and oxygen atoms in total. The van der Waals surface area contributed by atoms with E-state index in [0.717, 1.165) is 38.5 Å². The van der Waals surface area contributed by atoms with Gasteiger partial charge in [-0.15, -0.1) is 0 Å². The number of hydrogen-bond acceptors (Lipinski definition) is 13. The highest BCUT2D eigenvalue weighted by atomic mass is 16.5. The first-order chi connectivity index (χ1) is 28.4. The Morgan fingerprint density at radius 1 is 0.542 bits per heavy atom. The predicted molar refractivity (Wildman–Crippen MR) is 209 cm³/mol. The largest absolute Gasteiger partial charge is 0.494 e. The molecule has 0 fully saturated rings. The standard InChI is InChI=1S/C39H60N4O16/c44-19-8-9-31(38(51)52)43-36(48)28-58-26-24-56-22-18-41-35(47)27-57-25-23-55-21-17-40-33(45)16-15-32(39(53)54)42-34(46)10-6-4-2-1-3-5-7-20-59-30-13-11-29(12-14-30)37(49)50/h11-14,19,31-32H,1-10,15-18,20-28H2,(H,40,45)(H,41,47)(H,42,46)(H,43,48)(H,49,50)(H,51,52)(H,53,54)/t31-,32+/m0/s1. The summed E-state index contributed by atoms with van der Waals surface area (Å²) in [5.41, 5.74) is 0.209. The minimum Gasteiger partial charge on any atom is -0.494 e. The highest BCUT2D eigenvalue weighted by Crippen LogP contribution is 2.14. The fraction of sp³-hybridized carbons (Fsp3) is 0.641. The quantitative estimate of drug-likeness (QED) is 0.0362. The number of carbonyl (C=O) groups excluding carboxylic acids is 5. The third kappa shape index (κ3) is 28.8. The van der Waals surface area contributed by atoms with Gasteiger partial charge in [0.15, 0.2) is 0 Å². The summed E-state index contributed by atoms with van der Waals surface area (Å²) < 4.78 is 26.6. The van der Waals surface area contributed by atoms with Crippen LogP contribution in [0.25, 0.3) is 0 Å². The Bertz CT molecular complexity index is 1410. The molecule has 2 atom stereocenters. The van der Waals surface area contributed by atoms with Crippen LogP contribution in [0.5, 0.6) is 5.75 Å². The summed E-state index contributed by atoms with van der Waals surface area (Å²) >= 11 is 0. The number of ether oxygens (including phenoxy) is 5. The van der Waals surface area contributed by atoms with Crippen LogP contribution in [0.3, 0.4) is 0 Å². The van der Waals surface area contributed by atoms with Crippen LogP contribution in [0.15, 0.2) is 24.3 Å². The lowest BCUT2D eigenvalue weighted by Crippen LogP contribution is -2.42. The minimum atomic E-state index is -1.24. The lowest BCUT2D eigenvalue weighted by Gasteiger charge is -2.14. The predicted octanol–water partition coefficient (Wildman–Crippen LogP) is 1.08. The van der Waals surface area contributed by atoms with E-state index >= 15 is 0 Å². The molecule has 0 aliphatic heterocycles. The Balaban J connectivity index is 1.97. The Morgan fingerprint density at radius 2 is 1.05 bits per heavy atom. The zero-order valence-corrected chi connectivity index (χ0v) is 33.5. The first-order valence-electron chi connectivity index (χ1n) is 19.7. The van der Waals surface area contributed by atoms with Gasteiger partial charge in [-0.25, -0.2) is 14.4 Å². The van der Waals surface area contributed by atoms with Crippen LogP contribution in [0.1, 0.15) is 87.4 Å². The molecule has 0 aliphatic carbocycles. The highest BCUT2D eigenvalue weighted by molar-refractivity contribution is 5.87. The van der Waals surface area contributed by atoms with Gasteiger partial charge < -0.3 is 65.1 Å². The number of carboxylic acids is 3. The molecule has 0 unspecified atom stereocenters. The van der Waals surface area contributed by atoms with Crippen LogP contribution >= 0.6 is 0 Å².